The van der Waals surface area contributed by atoms with E-state index in [0.717, 1.165) is 64.5 Å². The van der Waals surface area contributed by atoms with E-state index < -0.39 is 0 Å². The monoisotopic (exact) mass is 555 g/mol. The van der Waals surface area contributed by atoms with Gasteiger partial charge in [0, 0.05) is 45.2 Å². The Morgan fingerprint density at radius 1 is 1.06 bits per heavy atom. The Balaban J connectivity index is 0.00000363. The molecule has 1 heterocycles. The number of hydrogen-bond acceptors (Lipinski definition) is 3. The Bertz CT molecular complexity index is 714. The highest BCUT2D eigenvalue weighted by Gasteiger charge is 2.31. The summed E-state index contributed by atoms with van der Waals surface area (Å²) in [6, 6.07) is 9.10. The second kappa shape index (κ2) is 14.0. The highest BCUT2D eigenvalue weighted by atomic mass is 127. The first-order valence-electron chi connectivity index (χ1n) is 12.2. The Kier molecular flexibility index (Phi) is 11.8. The van der Waals surface area contributed by atoms with Gasteiger partial charge in [-0.3, -0.25) is 14.7 Å². The summed E-state index contributed by atoms with van der Waals surface area (Å²) in [5.41, 5.74) is 2.59. The molecule has 1 saturated carbocycles. The SMILES string of the molecule is CCN(CC)Cc1ccc(CNC(=NC)NC2CCN(C(=O)C3CCCCC3)C2)cc1.I. The quantitative estimate of drug-likeness (QED) is 0.290. The standard InChI is InChI=1S/C25H41N5O.HI/c1-4-29(5-2)18-21-13-11-20(12-14-21)17-27-25(26-3)28-23-15-16-30(19-23)24(31)22-9-7-6-8-10-22;/h11-14,22-23H,4-10,15-19H2,1-3H3,(H2,26,27,28);1H. The average molecular weight is 556 g/mol. The number of aliphatic imine (C=N–C) groups is 1. The van der Waals surface area contributed by atoms with E-state index in [0.29, 0.717) is 5.91 Å². The van der Waals surface area contributed by atoms with Crippen LogP contribution in [0.3, 0.4) is 0 Å². The second-order valence-corrected chi connectivity index (χ2v) is 8.95. The summed E-state index contributed by atoms with van der Waals surface area (Å²) in [7, 11) is 1.81. The van der Waals surface area contributed by atoms with Crippen LogP contribution >= 0.6 is 24.0 Å². The lowest BCUT2D eigenvalue weighted by Gasteiger charge is -2.26. The molecule has 1 aliphatic carbocycles. The lowest BCUT2D eigenvalue weighted by atomic mass is 9.88. The molecule has 7 heteroatoms. The number of carbonyl (C=O) groups is 1. The minimum Gasteiger partial charge on any atom is -0.352 e. The Morgan fingerprint density at radius 3 is 2.34 bits per heavy atom. The van der Waals surface area contributed by atoms with Crippen molar-refractivity contribution < 1.29 is 4.79 Å². The molecule has 1 aromatic carbocycles. The third kappa shape index (κ3) is 7.90. The van der Waals surface area contributed by atoms with Gasteiger partial charge < -0.3 is 15.5 Å². The molecule has 2 aliphatic rings. The van der Waals surface area contributed by atoms with E-state index in [1.165, 1.54) is 30.4 Å². The molecule has 1 aliphatic heterocycles. The normalized spacial score (nSPS) is 19.7. The summed E-state index contributed by atoms with van der Waals surface area (Å²) >= 11 is 0. The van der Waals surface area contributed by atoms with Gasteiger partial charge in [0.2, 0.25) is 5.91 Å². The van der Waals surface area contributed by atoms with Gasteiger partial charge in [0.25, 0.3) is 0 Å². The summed E-state index contributed by atoms with van der Waals surface area (Å²) < 4.78 is 0. The number of hydrogen-bond donors (Lipinski definition) is 2. The predicted molar refractivity (Wildman–Crippen MR) is 143 cm³/mol. The van der Waals surface area contributed by atoms with Gasteiger partial charge in [-0.2, -0.15) is 0 Å². The van der Waals surface area contributed by atoms with E-state index in [2.05, 4.69) is 63.5 Å². The van der Waals surface area contributed by atoms with Crippen molar-refractivity contribution in [2.75, 3.05) is 33.2 Å². The van der Waals surface area contributed by atoms with Crippen molar-refractivity contribution >= 4 is 35.8 Å². The summed E-state index contributed by atoms with van der Waals surface area (Å²) in [4.78, 5) is 21.7. The van der Waals surface area contributed by atoms with Crippen molar-refractivity contribution in [1.29, 1.82) is 0 Å². The number of benzene rings is 1. The molecule has 2 fully saturated rings. The minimum absolute atomic E-state index is 0. The molecule has 0 bridgehead atoms. The van der Waals surface area contributed by atoms with Gasteiger partial charge in [-0.15, -0.1) is 24.0 Å². The number of nitrogens with zero attached hydrogens (tertiary/aromatic N) is 3. The first-order chi connectivity index (χ1) is 15.1. The molecule has 1 amide bonds. The molecule has 0 spiro atoms. The zero-order chi connectivity index (χ0) is 22.1. The Morgan fingerprint density at radius 2 is 1.72 bits per heavy atom. The maximum absolute atomic E-state index is 12.8. The van der Waals surface area contributed by atoms with Gasteiger partial charge in [0.1, 0.15) is 0 Å². The maximum atomic E-state index is 12.8. The first-order valence-corrected chi connectivity index (χ1v) is 12.2. The highest BCUT2D eigenvalue weighted by molar-refractivity contribution is 14.0. The lowest BCUT2D eigenvalue weighted by molar-refractivity contribution is -0.135. The Hall–Kier alpha value is -1.35. The van der Waals surface area contributed by atoms with Gasteiger partial charge in [0.05, 0.1) is 0 Å². The Labute approximate surface area is 211 Å². The van der Waals surface area contributed by atoms with Crippen molar-refractivity contribution in [3.63, 3.8) is 0 Å². The van der Waals surface area contributed by atoms with Crippen LogP contribution in [0.25, 0.3) is 0 Å². The number of halogens is 1. The fourth-order valence-electron chi connectivity index (χ4n) is 4.73. The van der Waals surface area contributed by atoms with Gasteiger partial charge in [-0.25, -0.2) is 0 Å². The molecule has 32 heavy (non-hydrogen) atoms. The summed E-state index contributed by atoms with van der Waals surface area (Å²) in [6.07, 6.45) is 6.83. The van der Waals surface area contributed by atoms with Crippen molar-refractivity contribution in [3.8, 4) is 0 Å². The fraction of sp³-hybridized carbons (Fsp3) is 0.680. The first kappa shape index (κ1) is 26.9. The number of carbonyl (C=O) groups excluding carboxylic acids is 1. The number of rotatable bonds is 8. The fourth-order valence-corrected chi connectivity index (χ4v) is 4.73. The minimum atomic E-state index is 0. The van der Waals surface area contributed by atoms with Crippen molar-refractivity contribution in [3.05, 3.63) is 35.4 Å². The predicted octanol–water partition coefficient (Wildman–Crippen LogP) is 3.99. The van der Waals surface area contributed by atoms with Crippen LogP contribution in [0.5, 0.6) is 0 Å². The van der Waals surface area contributed by atoms with Gasteiger partial charge in [-0.1, -0.05) is 57.4 Å². The zero-order valence-corrected chi connectivity index (χ0v) is 22.4. The van der Waals surface area contributed by atoms with Crippen LogP contribution in [0.1, 0.15) is 63.5 Å². The van der Waals surface area contributed by atoms with E-state index in [-0.39, 0.29) is 35.9 Å². The molecule has 0 radical (unpaired) electrons. The molecular formula is C25H42IN5O. The second-order valence-electron chi connectivity index (χ2n) is 8.95. The average Bonchev–Trinajstić information content (AvgIpc) is 3.29. The van der Waals surface area contributed by atoms with Crippen LogP contribution in [-0.4, -0.2) is 60.9 Å². The lowest BCUT2D eigenvalue weighted by Crippen LogP contribution is -2.45. The third-order valence-corrected chi connectivity index (χ3v) is 6.80. The summed E-state index contributed by atoms with van der Waals surface area (Å²) in [6.45, 7) is 9.95. The van der Waals surface area contributed by atoms with Crippen molar-refractivity contribution in [2.45, 2.75) is 71.5 Å². The molecule has 3 rings (SSSR count). The zero-order valence-electron chi connectivity index (χ0n) is 20.1. The van der Waals surface area contributed by atoms with Crippen LogP contribution in [0.4, 0.5) is 0 Å². The molecule has 1 aromatic rings. The van der Waals surface area contributed by atoms with E-state index in [9.17, 15) is 4.79 Å². The summed E-state index contributed by atoms with van der Waals surface area (Å²) in [5.74, 6) is 1.44. The van der Waals surface area contributed by atoms with Crippen LogP contribution in [-0.2, 0) is 17.9 Å². The largest absolute Gasteiger partial charge is 0.352 e. The summed E-state index contributed by atoms with van der Waals surface area (Å²) in [5, 5.41) is 6.94. The molecule has 180 valence electrons. The molecule has 0 aromatic heterocycles. The van der Waals surface area contributed by atoms with Crippen molar-refractivity contribution in [2.24, 2.45) is 10.9 Å². The smallest absolute Gasteiger partial charge is 0.225 e. The van der Waals surface area contributed by atoms with Crippen LogP contribution in [0, 0.1) is 5.92 Å². The van der Waals surface area contributed by atoms with E-state index >= 15 is 0 Å². The third-order valence-electron chi connectivity index (χ3n) is 6.80. The van der Waals surface area contributed by atoms with Gasteiger partial charge in [0.15, 0.2) is 5.96 Å². The van der Waals surface area contributed by atoms with E-state index in [1.807, 2.05) is 7.05 Å². The van der Waals surface area contributed by atoms with Crippen LogP contribution < -0.4 is 10.6 Å². The van der Waals surface area contributed by atoms with Crippen LogP contribution in [0.15, 0.2) is 29.3 Å². The number of nitrogens with one attached hydrogen (secondary N) is 2. The highest BCUT2D eigenvalue weighted by Crippen LogP contribution is 2.26. The maximum Gasteiger partial charge on any atom is 0.225 e. The van der Waals surface area contributed by atoms with E-state index in [1.54, 1.807) is 0 Å². The molecule has 2 N–H and O–H groups in total. The molecule has 6 nitrogen and oxygen atoms in total. The van der Waals surface area contributed by atoms with Crippen molar-refractivity contribution in [1.82, 2.24) is 20.4 Å². The number of likely N-dealkylation sites (tertiary alicyclic amines) is 1. The molecule has 1 atom stereocenters. The number of guanidine groups is 1. The van der Waals surface area contributed by atoms with Gasteiger partial charge >= 0.3 is 0 Å². The topological polar surface area (TPSA) is 60.0 Å². The molecule has 1 saturated heterocycles. The number of amides is 1. The van der Waals surface area contributed by atoms with Gasteiger partial charge in [-0.05, 0) is 43.5 Å². The molecular weight excluding hydrogens is 513 g/mol. The van der Waals surface area contributed by atoms with Crippen LogP contribution in [0.2, 0.25) is 0 Å². The molecule has 1 unspecified atom stereocenters. The van der Waals surface area contributed by atoms with E-state index in [4.69, 9.17) is 0 Å².